The molecular weight excluding hydrogens is 320 g/mol. The Labute approximate surface area is 127 Å². The van der Waals surface area contributed by atoms with Crippen molar-refractivity contribution in [2.24, 2.45) is 0 Å². The molecule has 0 unspecified atom stereocenters. The number of nitrogens with zero attached hydrogens (tertiary/aromatic N) is 1. The number of halogens is 1. The summed E-state index contributed by atoms with van der Waals surface area (Å²) in [5.41, 5.74) is 1.58. The van der Waals surface area contributed by atoms with Crippen LogP contribution in [0.2, 0.25) is 0 Å². The van der Waals surface area contributed by atoms with Gasteiger partial charge in [0, 0.05) is 23.1 Å². The molecule has 1 aromatic rings. The first-order valence-electron chi connectivity index (χ1n) is 6.89. The van der Waals surface area contributed by atoms with E-state index in [0.717, 1.165) is 36.0 Å². The van der Waals surface area contributed by atoms with E-state index in [4.69, 9.17) is 0 Å². The van der Waals surface area contributed by atoms with Gasteiger partial charge in [-0.3, -0.25) is 9.59 Å². The highest BCUT2D eigenvalue weighted by atomic mass is 79.9. The minimum atomic E-state index is -0.209. The molecule has 0 saturated carbocycles. The van der Waals surface area contributed by atoms with Crippen LogP contribution < -0.4 is 5.32 Å². The van der Waals surface area contributed by atoms with Crippen molar-refractivity contribution >= 4 is 27.7 Å². The summed E-state index contributed by atoms with van der Waals surface area (Å²) in [6.45, 7) is 3.63. The molecule has 1 aliphatic rings. The van der Waals surface area contributed by atoms with Crippen molar-refractivity contribution in [1.82, 2.24) is 10.2 Å². The minimum Gasteiger partial charge on any atom is -0.343 e. The topological polar surface area (TPSA) is 49.4 Å². The normalized spacial score (nSPS) is 15.0. The van der Waals surface area contributed by atoms with Gasteiger partial charge in [0.15, 0.2) is 0 Å². The third kappa shape index (κ3) is 4.07. The van der Waals surface area contributed by atoms with Crippen LogP contribution in [0.25, 0.3) is 0 Å². The zero-order valence-corrected chi connectivity index (χ0v) is 13.2. The Morgan fingerprint density at radius 2 is 1.90 bits per heavy atom. The van der Waals surface area contributed by atoms with Crippen LogP contribution in [0.5, 0.6) is 0 Å². The standard InChI is InChI=1S/C15H19BrN2O2/c1-11-7-12(9-13(16)8-11)15(20)17-10-14(19)18-5-3-2-4-6-18/h7-9H,2-6,10H2,1H3,(H,17,20). The van der Waals surface area contributed by atoms with E-state index < -0.39 is 0 Å². The Morgan fingerprint density at radius 3 is 2.55 bits per heavy atom. The highest BCUT2D eigenvalue weighted by Crippen LogP contribution is 2.15. The quantitative estimate of drug-likeness (QED) is 0.920. The number of carbonyl (C=O) groups excluding carboxylic acids is 2. The number of amides is 2. The predicted molar refractivity (Wildman–Crippen MR) is 81.6 cm³/mol. The summed E-state index contributed by atoms with van der Waals surface area (Å²) >= 11 is 3.37. The number of hydrogen-bond donors (Lipinski definition) is 1. The fourth-order valence-corrected chi connectivity index (χ4v) is 2.99. The number of likely N-dealkylation sites (tertiary alicyclic amines) is 1. The number of carbonyl (C=O) groups is 2. The van der Waals surface area contributed by atoms with Crippen molar-refractivity contribution in [3.05, 3.63) is 33.8 Å². The third-order valence-corrected chi connectivity index (χ3v) is 3.87. The average Bonchev–Trinajstić information content (AvgIpc) is 2.44. The average molecular weight is 339 g/mol. The van der Waals surface area contributed by atoms with Crippen LogP contribution in [0.3, 0.4) is 0 Å². The molecule has 2 rings (SSSR count). The molecule has 20 heavy (non-hydrogen) atoms. The van der Waals surface area contributed by atoms with Crippen LogP contribution in [0.1, 0.15) is 35.2 Å². The molecular formula is C15H19BrN2O2. The number of benzene rings is 1. The smallest absolute Gasteiger partial charge is 0.251 e. The Balaban J connectivity index is 1.89. The molecule has 1 heterocycles. The van der Waals surface area contributed by atoms with Crippen molar-refractivity contribution in [3.8, 4) is 0 Å². The molecule has 1 N–H and O–H groups in total. The molecule has 0 aliphatic carbocycles. The van der Waals surface area contributed by atoms with Crippen molar-refractivity contribution in [3.63, 3.8) is 0 Å². The van der Waals surface area contributed by atoms with Crippen LogP contribution in [-0.2, 0) is 4.79 Å². The van der Waals surface area contributed by atoms with E-state index in [1.54, 1.807) is 6.07 Å². The number of hydrogen-bond acceptors (Lipinski definition) is 2. The fraction of sp³-hybridized carbons (Fsp3) is 0.467. The van der Waals surface area contributed by atoms with Gasteiger partial charge in [-0.2, -0.15) is 0 Å². The summed E-state index contributed by atoms with van der Waals surface area (Å²) in [4.78, 5) is 25.8. The molecule has 1 saturated heterocycles. The van der Waals surface area contributed by atoms with Crippen LogP contribution in [0, 0.1) is 6.92 Å². The van der Waals surface area contributed by atoms with E-state index >= 15 is 0 Å². The Bertz CT molecular complexity index is 490. The first-order valence-corrected chi connectivity index (χ1v) is 7.69. The van der Waals surface area contributed by atoms with Crippen molar-refractivity contribution in [2.45, 2.75) is 26.2 Å². The van der Waals surface area contributed by atoms with Gasteiger partial charge >= 0.3 is 0 Å². The lowest BCUT2D eigenvalue weighted by Crippen LogP contribution is -2.42. The molecule has 0 atom stereocenters. The largest absolute Gasteiger partial charge is 0.343 e. The lowest BCUT2D eigenvalue weighted by molar-refractivity contribution is -0.130. The van der Waals surface area contributed by atoms with Gasteiger partial charge in [0.1, 0.15) is 0 Å². The van der Waals surface area contributed by atoms with E-state index in [-0.39, 0.29) is 18.4 Å². The second kappa shape index (κ2) is 6.88. The zero-order chi connectivity index (χ0) is 14.5. The Kier molecular flexibility index (Phi) is 5.17. The molecule has 108 valence electrons. The van der Waals surface area contributed by atoms with Gasteiger partial charge in [-0.15, -0.1) is 0 Å². The van der Waals surface area contributed by atoms with E-state index in [1.165, 1.54) is 6.42 Å². The van der Waals surface area contributed by atoms with Gasteiger partial charge in [0.25, 0.3) is 5.91 Å². The number of nitrogens with one attached hydrogen (secondary N) is 1. The molecule has 0 aromatic heterocycles. The van der Waals surface area contributed by atoms with Gasteiger partial charge in [0.2, 0.25) is 5.91 Å². The van der Waals surface area contributed by atoms with E-state index in [0.29, 0.717) is 5.56 Å². The van der Waals surface area contributed by atoms with Crippen LogP contribution in [0.15, 0.2) is 22.7 Å². The predicted octanol–water partition coefficient (Wildman–Crippen LogP) is 2.50. The summed E-state index contributed by atoms with van der Waals surface area (Å²) in [7, 11) is 0. The van der Waals surface area contributed by atoms with Crippen LogP contribution >= 0.6 is 15.9 Å². The summed E-state index contributed by atoms with van der Waals surface area (Å²) in [6.07, 6.45) is 3.31. The van der Waals surface area contributed by atoms with Gasteiger partial charge in [-0.25, -0.2) is 0 Å². The first-order chi connectivity index (χ1) is 9.56. The molecule has 0 radical (unpaired) electrons. The highest BCUT2D eigenvalue weighted by Gasteiger charge is 2.17. The summed E-state index contributed by atoms with van der Waals surface area (Å²) in [6, 6.07) is 5.51. The summed E-state index contributed by atoms with van der Waals surface area (Å²) in [5, 5.41) is 2.70. The van der Waals surface area contributed by atoms with Gasteiger partial charge in [0.05, 0.1) is 6.54 Å². The second-order valence-corrected chi connectivity index (χ2v) is 6.06. The van der Waals surface area contributed by atoms with Crippen molar-refractivity contribution < 1.29 is 9.59 Å². The fourth-order valence-electron chi connectivity index (χ4n) is 2.38. The van der Waals surface area contributed by atoms with Gasteiger partial charge in [-0.05, 0) is 49.9 Å². The van der Waals surface area contributed by atoms with E-state index in [9.17, 15) is 9.59 Å². The first kappa shape index (κ1) is 15.0. The number of rotatable bonds is 3. The number of aryl methyl sites for hydroxylation is 1. The Morgan fingerprint density at radius 1 is 1.20 bits per heavy atom. The lowest BCUT2D eigenvalue weighted by Gasteiger charge is -2.26. The summed E-state index contributed by atoms with van der Waals surface area (Å²) in [5.74, 6) is -0.204. The molecule has 1 aromatic carbocycles. The van der Waals surface area contributed by atoms with Crippen molar-refractivity contribution in [2.75, 3.05) is 19.6 Å². The van der Waals surface area contributed by atoms with Crippen LogP contribution in [0.4, 0.5) is 0 Å². The monoisotopic (exact) mass is 338 g/mol. The molecule has 1 aliphatic heterocycles. The highest BCUT2D eigenvalue weighted by molar-refractivity contribution is 9.10. The van der Waals surface area contributed by atoms with E-state index in [2.05, 4.69) is 21.2 Å². The molecule has 1 fully saturated rings. The second-order valence-electron chi connectivity index (χ2n) is 5.14. The maximum atomic E-state index is 12.0. The summed E-state index contributed by atoms with van der Waals surface area (Å²) < 4.78 is 0.866. The van der Waals surface area contributed by atoms with Crippen molar-refractivity contribution in [1.29, 1.82) is 0 Å². The molecule has 0 spiro atoms. The molecule has 4 nitrogen and oxygen atoms in total. The maximum absolute atomic E-state index is 12.0. The third-order valence-electron chi connectivity index (χ3n) is 3.41. The Hall–Kier alpha value is -1.36. The van der Waals surface area contributed by atoms with Gasteiger partial charge < -0.3 is 10.2 Å². The molecule has 2 amide bonds. The maximum Gasteiger partial charge on any atom is 0.251 e. The van der Waals surface area contributed by atoms with E-state index in [1.807, 2.05) is 24.0 Å². The molecule has 0 bridgehead atoms. The SMILES string of the molecule is Cc1cc(Br)cc(C(=O)NCC(=O)N2CCCCC2)c1. The molecule has 5 heteroatoms. The van der Waals surface area contributed by atoms with Gasteiger partial charge in [-0.1, -0.05) is 15.9 Å². The minimum absolute atomic E-state index is 0.00442. The van der Waals surface area contributed by atoms with Crippen LogP contribution in [-0.4, -0.2) is 36.3 Å². The lowest BCUT2D eigenvalue weighted by atomic mass is 10.1. The number of piperidine rings is 1. The zero-order valence-electron chi connectivity index (χ0n) is 11.6.